The van der Waals surface area contributed by atoms with Crippen LogP contribution in [0.3, 0.4) is 0 Å². The summed E-state index contributed by atoms with van der Waals surface area (Å²) in [5, 5.41) is 0. The molecule has 0 aliphatic heterocycles. The number of sulfonamides is 1. The molecule has 0 N–H and O–H groups in total. The highest BCUT2D eigenvalue weighted by Crippen LogP contribution is 2.34. The van der Waals surface area contributed by atoms with Crippen LogP contribution < -0.4 is 4.74 Å². The summed E-state index contributed by atoms with van der Waals surface area (Å²) in [6.07, 6.45) is 0. The van der Waals surface area contributed by atoms with Crippen LogP contribution in [-0.4, -0.2) is 31.9 Å². The highest BCUT2D eigenvalue weighted by Gasteiger charge is 2.32. The van der Waals surface area contributed by atoms with Crippen molar-refractivity contribution in [3.8, 4) is 5.75 Å². The predicted molar refractivity (Wildman–Crippen MR) is 91.1 cm³/mol. The monoisotopic (exact) mass is 327 g/mol. The molecule has 0 atom stereocenters. The zero-order chi connectivity index (χ0) is 17.2. The summed E-state index contributed by atoms with van der Waals surface area (Å²) in [5.41, 5.74) is 2.08. The lowest BCUT2D eigenvalue weighted by Crippen LogP contribution is -2.42. The maximum Gasteiger partial charge on any atom is 0.247 e. The molecule has 1 rings (SSSR count). The lowest BCUT2D eigenvalue weighted by Gasteiger charge is -2.30. The number of benzene rings is 1. The molecule has 4 nitrogen and oxygen atoms in total. The summed E-state index contributed by atoms with van der Waals surface area (Å²) in [6.45, 7) is 13.7. The second-order valence-corrected chi connectivity index (χ2v) is 8.35. The average molecular weight is 327 g/mol. The first-order chi connectivity index (χ1) is 10.0. The Labute approximate surface area is 135 Å². The second-order valence-electron chi connectivity index (χ2n) is 6.54. The van der Waals surface area contributed by atoms with Crippen LogP contribution in [-0.2, 0) is 10.0 Å². The third-order valence-corrected chi connectivity index (χ3v) is 6.02. The van der Waals surface area contributed by atoms with E-state index in [-0.39, 0.29) is 22.9 Å². The van der Waals surface area contributed by atoms with Crippen LogP contribution >= 0.6 is 0 Å². The summed E-state index contributed by atoms with van der Waals surface area (Å²) in [6, 6.07) is 3.37. The third-order valence-electron chi connectivity index (χ3n) is 3.75. The van der Waals surface area contributed by atoms with Gasteiger partial charge in [-0.25, -0.2) is 8.42 Å². The normalized spacial score (nSPS) is 12.7. The number of aryl methyl sites for hydroxylation is 1. The van der Waals surface area contributed by atoms with Gasteiger partial charge in [-0.2, -0.15) is 4.31 Å². The summed E-state index contributed by atoms with van der Waals surface area (Å²) in [7, 11) is -2.09. The first-order valence-corrected chi connectivity index (χ1v) is 9.20. The van der Waals surface area contributed by atoms with Gasteiger partial charge in [0.15, 0.2) is 0 Å². The molecule has 0 radical (unpaired) electrons. The fourth-order valence-electron chi connectivity index (χ4n) is 2.93. The number of hydrogen-bond acceptors (Lipinski definition) is 3. The fourth-order valence-corrected chi connectivity index (χ4v) is 4.94. The number of hydrogen-bond donors (Lipinski definition) is 0. The lowest BCUT2D eigenvalue weighted by molar-refractivity contribution is 0.300. The van der Waals surface area contributed by atoms with E-state index in [9.17, 15) is 8.42 Å². The standard InChI is InChI=1S/C17H29NO3S/c1-11(2)15-10-17(16(21-8)9-14(15)7)22(19,20)18(12(3)4)13(5)6/h9-13H,1-8H3. The molecule has 1 aromatic rings. The van der Waals surface area contributed by atoms with E-state index in [2.05, 4.69) is 13.8 Å². The van der Waals surface area contributed by atoms with Gasteiger partial charge in [0, 0.05) is 12.1 Å². The molecule has 126 valence electrons. The number of methoxy groups -OCH3 is 1. The highest BCUT2D eigenvalue weighted by molar-refractivity contribution is 7.89. The Morgan fingerprint density at radius 1 is 1.00 bits per heavy atom. The van der Waals surface area contributed by atoms with E-state index < -0.39 is 10.0 Å². The molecule has 22 heavy (non-hydrogen) atoms. The highest BCUT2D eigenvalue weighted by atomic mass is 32.2. The van der Waals surface area contributed by atoms with Gasteiger partial charge in [-0.05, 0) is 63.8 Å². The van der Waals surface area contributed by atoms with E-state index in [4.69, 9.17) is 4.74 Å². The molecule has 0 spiro atoms. The van der Waals surface area contributed by atoms with Crippen LogP contribution in [0.15, 0.2) is 17.0 Å². The molecule has 0 saturated heterocycles. The van der Waals surface area contributed by atoms with Crippen molar-refractivity contribution < 1.29 is 13.2 Å². The van der Waals surface area contributed by atoms with E-state index in [0.29, 0.717) is 5.75 Å². The van der Waals surface area contributed by atoms with Crippen LogP contribution in [0.2, 0.25) is 0 Å². The van der Waals surface area contributed by atoms with Gasteiger partial charge in [-0.1, -0.05) is 13.8 Å². The average Bonchev–Trinajstić information content (AvgIpc) is 2.35. The minimum atomic E-state index is -3.61. The van der Waals surface area contributed by atoms with Crippen molar-refractivity contribution in [2.24, 2.45) is 0 Å². The Hall–Kier alpha value is -1.07. The molecule has 0 aliphatic carbocycles. The van der Waals surface area contributed by atoms with Crippen molar-refractivity contribution in [3.63, 3.8) is 0 Å². The minimum Gasteiger partial charge on any atom is -0.495 e. The van der Waals surface area contributed by atoms with Gasteiger partial charge in [-0.15, -0.1) is 0 Å². The molecule has 0 unspecified atom stereocenters. The van der Waals surface area contributed by atoms with Crippen LogP contribution in [0.1, 0.15) is 58.6 Å². The Kier molecular flexibility index (Phi) is 6.04. The predicted octanol–water partition coefficient (Wildman–Crippen LogP) is 3.93. The van der Waals surface area contributed by atoms with Crippen molar-refractivity contribution in [1.82, 2.24) is 4.31 Å². The van der Waals surface area contributed by atoms with Crippen LogP contribution in [0, 0.1) is 6.92 Å². The number of ether oxygens (including phenoxy) is 1. The van der Waals surface area contributed by atoms with Gasteiger partial charge in [0.05, 0.1) is 7.11 Å². The van der Waals surface area contributed by atoms with E-state index in [1.165, 1.54) is 11.4 Å². The molecule has 0 fully saturated rings. The maximum absolute atomic E-state index is 13.1. The Balaban J connectivity index is 3.62. The molecule has 5 heteroatoms. The number of nitrogens with zero attached hydrogens (tertiary/aromatic N) is 1. The largest absolute Gasteiger partial charge is 0.495 e. The molecular weight excluding hydrogens is 298 g/mol. The van der Waals surface area contributed by atoms with Crippen molar-refractivity contribution in [3.05, 3.63) is 23.3 Å². The van der Waals surface area contributed by atoms with Gasteiger partial charge in [0.2, 0.25) is 10.0 Å². The Bertz CT molecular complexity index is 611. The Morgan fingerprint density at radius 2 is 1.50 bits per heavy atom. The summed E-state index contributed by atoms with van der Waals surface area (Å²) in [4.78, 5) is 0.256. The molecule has 1 aromatic carbocycles. The molecule has 0 bridgehead atoms. The molecule has 0 saturated carbocycles. The summed E-state index contributed by atoms with van der Waals surface area (Å²) >= 11 is 0. The molecule has 0 heterocycles. The Morgan fingerprint density at radius 3 is 1.86 bits per heavy atom. The van der Waals surface area contributed by atoms with Crippen LogP contribution in [0.4, 0.5) is 0 Å². The van der Waals surface area contributed by atoms with Gasteiger partial charge < -0.3 is 4.74 Å². The minimum absolute atomic E-state index is 0.112. The summed E-state index contributed by atoms with van der Waals surface area (Å²) in [5.74, 6) is 0.666. The van der Waals surface area contributed by atoms with E-state index in [1.807, 2.05) is 40.7 Å². The van der Waals surface area contributed by atoms with Gasteiger partial charge in [0.25, 0.3) is 0 Å². The van der Waals surface area contributed by atoms with E-state index in [1.54, 1.807) is 6.07 Å². The van der Waals surface area contributed by atoms with E-state index in [0.717, 1.165) is 11.1 Å². The third kappa shape index (κ3) is 3.63. The zero-order valence-corrected chi connectivity index (χ0v) is 15.8. The second kappa shape index (κ2) is 7.01. The summed E-state index contributed by atoms with van der Waals surface area (Å²) < 4.78 is 33.1. The number of rotatable bonds is 6. The molecule has 0 aliphatic rings. The van der Waals surface area contributed by atoms with Crippen molar-refractivity contribution in [1.29, 1.82) is 0 Å². The SMILES string of the molecule is COc1cc(C)c(C(C)C)cc1S(=O)(=O)N(C(C)C)C(C)C. The van der Waals surface area contributed by atoms with Gasteiger partial charge in [0.1, 0.15) is 10.6 Å². The fraction of sp³-hybridized carbons (Fsp3) is 0.647. The van der Waals surface area contributed by atoms with Crippen LogP contribution in [0.5, 0.6) is 5.75 Å². The van der Waals surface area contributed by atoms with Crippen molar-refractivity contribution in [2.75, 3.05) is 7.11 Å². The van der Waals surface area contributed by atoms with Crippen molar-refractivity contribution in [2.45, 2.75) is 71.4 Å². The first-order valence-electron chi connectivity index (χ1n) is 7.76. The maximum atomic E-state index is 13.1. The molecule has 0 amide bonds. The topological polar surface area (TPSA) is 46.6 Å². The van der Waals surface area contributed by atoms with Crippen LogP contribution in [0.25, 0.3) is 0 Å². The quantitative estimate of drug-likeness (QED) is 0.795. The first kappa shape index (κ1) is 19.0. The van der Waals surface area contributed by atoms with Gasteiger partial charge >= 0.3 is 0 Å². The molecule has 0 aromatic heterocycles. The zero-order valence-electron chi connectivity index (χ0n) is 15.0. The molecular formula is C17H29NO3S. The lowest BCUT2D eigenvalue weighted by atomic mass is 9.98. The van der Waals surface area contributed by atoms with E-state index >= 15 is 0 Å². The van der Waals surface area contributed by atoms with Crippen molar-refractivity contribution >= 4 is 10.0 Å². The van der Waals surface area contributed by atoms with Gasteiger partial charge in [-0.3, -0.25) is 0 Å². The smallest absolute Gasteiger partial charge is 0.247 e.